The smallest absolute Gasteiger partial charge is 0.249 e. The molecule has 0 spiro atoms. The van der Waals surface area contributed by atoms with Gasteiger partial charge in [0.25, 0.3) is 0 Å². The molecule has 2 atom stereocenters. The topological polar surface area (TPSA) is 94.2 Å². The summed E-state index contributed by atoms with van der Waals surface area (Å²) < 4.78 is 0. The Morgan fingerprint density at radius 2 is 2.03 bits per heavy atom. The molecular weight excluding hydrogens is 428 g/mol. The number of pyridine rings is 2. The Morgan fingerprint density at radius 3 is 2.72 bits per heavy atom. The second-order valence-electron chi connectivity index (χ2n) is 8.01. The lowest BCUT2D eigenvalue weighted by Gasteiger charge is -2.44. The SMILES string of the molecule is CC(=O)N1[C@H](C)CN(c2cccc(-c3c[nH]c4ncc(NC(=O)/C=C/Cl)cc34)n2)C[C@@H]1C.[HH].[HH]. The predicted molar refractivity (Wildman–Crippen MR) is 131 cm³/mol. The molecule has 0 unspecified atom stereocenters. The van der Waals surface area contributed by atoms with Gasteiger partial charge in [0.05, 0.1) is 17.6 Å². The normalized spacial score (nSPS) is 19.0. The van der Waals surface area contributed by atoms with Gasteiger partial charge in [0.2, 0.25) is 11.8 Å². The summed E-state index contributed by atoms with van der Waals surface area (Å²) in [5, 5.41) is 3.59. The van der Waals surface area contributed by atoms with E-state index in [1.807, 2.05) is 35.4 Å². The largest absolute Gasteiger partial charge is 0.352 e. The van der Waals surface area contributed by atoms with Gasteiger partial charge in [-0.25, -0.2) is 9.97 Å². The third-order valence-corrected chi connectivity index (χ3v) is 5.76. The van der Waals surface area contributed by atoms with Crippen LogP contribution < -0.4 is 10.2 Å². The van der Waals surface area contributed by atoms with Crippen molar-refractivity contribution in [2.24, 2.45) is 0 Å². The number of amides is 2. The highest BCUT2D eigenvalue weighted by Crippen LogP contribution is 2.30. The van der Waals surface area contributed by atoms with Crippen LogP contribution in [0.5, 0.6) is 0 Å². The van der Waals surface area contributed by atoms with Crippen LogP contribution in [0, 0.1) is 0 Å². The molecule has 3 aromatic heterocycles. The van der Waals surface area contributed by atoms with Gasteiger partial charge in [0.1, 0.15) is 11.5 Å². The number of hydrogen-bond acceptors (Lipinski definition) is 5. The summed E-state index contributed by atoms with van der Waals surface area (Å²) in [4.78, 5) is 40.4. The molecule has 1 fully saturated rings. The van der Waals surface area contributed by atoms with Gasteiger partial charge in [-0.1, -0.05) is 17.7 Å². The fraction of sp³-hybridized carbons (Fsp3) is 0.304. The Labute approximate surface area is 194 Å². The molecule has 0 aliphatic carbocycles. The molecule has 0 radical (unpaired) electrons. The van der Waals surface area contributed by atoms with Crippen LogP contribution in [0.25, 0.3) is 22.3 Å². The lowest BCUT2D eigenvalue weighted by molar-refractivity contribution is -0.133. The van der Waals surface area contributed by atoms with Gasteiger partial charge >= 0.3 is 0 Å². The Balaban J connectivity index is 0.00000204. The quantitative estimate of drug-likeness (QED) is 0.572. The van der Waals surface area contributed by atoms with Crippen molar-refractivity contribution >= 4 is 46.0 Å². The van der Waals surface area contributed by atoms with E-state index in [2.05, 4.69) is 34.0 Å². The molecule has 32 heavy (non-hydrogen) atoms. The van der Waals surface area contributed by atoms with E-state index in [0.29, 0.717) is 11.3 Å². The monoisotopic (exact) mass is 456 g/mol. The summed E-state index contributed by atoms with van der Waals surface area (Å²) >= 11 is 5.47. The van der Waals surface area contributed by atoms with E-state index in [9.17, 15) is 9.59 Å². The maximum absolute atomic E-state index is 12.0. The molecule has 9 heteroatoms. The molecule has 1 aliphatic heterocycles. The van der Waals surface area contributed by atoms with E-state index in [1.54, 1.807) is 13.1 Å². The number of nitrogens with zero attached hydrogens (tertiary/aromatic N) is 4. The Bertz CT molecular complexity index is 1190. The summed E-state index contributed by atoms with van der Waals surface area (Å²) in [6.45, 7) is 7.19. The van der Waals surface area contributed by atoms with Gasteiger partial charge in [-0.3, -0.25) is 9.59 Å². The number of rotatable bonds is 4. The minimum Gasteiger partial charge on any atom is -0.352 e. The first-order valence-electron chi connectivity index (χ1n) is 10.4. The zero-order chi connectivity index (χ0) is 22.8. The molecule has 170 valence electrons. The first-order valence-corrected chi connectivity index (χ1v) is 10.9. The number of aromatic amines is 1. The highest BCUT2D eigenvalue weighted by atomic mass is 35.5. The molecule has 8 nitrogen and oxygen atoms in total. The van der Waals surface area contributed by atoms with Crippen molar-refractivity contribution in [2.45, 2.75) is 32.9 Å². The second-order valence-corrected chi connectivity index (χ2v) is 8.27. The number of hydrogen-bond donors (Lipinski definition) is 2. The van der Waals surface area contributed by atoms with Crippen molar-refractivity contribution in [3.05, 3.63) is 48.3 Å². The van der Waals surface area contributed by atoms with Crippen LogP contribution in [0.3, 0.4) is 0 Å². The van der Waals surface area contributed by atoms with Crippen molar-refractivity contribution in [1.82, 2.24) is 19.9 Å². The fourth-order valence-corrected chi connectivity index (χ4v) is 4.52. The van der Waals surface area contributed by atoms with Crippen LogP contribution in [0.15, 0.2) is 48.3 Å². The third-order valence-electron chi connectivity index (χ3n) is 5.63. The second kappa shape index (κ2) is 9.00. The number of fused-ring (bicyclic) bond motifs is 1. The number of aromatic nitrogens is 3. The van der Waals surface area contributed by atoms with Crippen LogP contribution >= 0.6 is 11.6 Å². The van der Waals surface area contributed by atoms with Crippen molar-refractivity contribution in [1.29, 1.82) is 0 Å². The van der Waals surface area contributed by atoms with Crippen LogP contribution in [0.4, 0.5) is 11.5 Å². The number of carbonyl (C=O) groups excluding carboxylic acids is 2. The van der Waals surface area contributed by atoms with Crippen LogP contribution in [0.1, 0.15) is 23.6 Å². The molecule has 1 saturated heterocycles. The first-order chi connectivity index (χ1) is 15.4. The molecule has 2 amide bonds. The molecule has 4 rings (SSSR count). The Hall–Kier alpha value is -3.39. The number of nitrogens with one attached hydrogen (secondary N) is 2. The summed E-state index contributed by atoms with van der Waals surface area (Å²) in [6, 6.07) is 7.99. The summed E-state index contributed by atoms with van der Waals surface area (Å²) in [5.74, 6) is 0.636. The standard InChI is InChI=1S/C23H25ClN6O2.2H2/c1-14-12-29(13-15(2)30(14)16(3)31)21-6-4-5-20(28-21)19-11-26-23-18(19)9-17(10-25-23)27-22(32)7-8-24;;/h4-11,14-15H,12-13H2,1-3H3,(H,25,26)(H,27,32);2*1H/b8-7+;;/t14-,15+;;. The molecule has 2 N–H and O–H groups in total. The molecule has 0 saturated carbocycles. The highest BCUT2D eigenvalue weighted by molar-refractivity contribution is 6.27. The van der Waals surface area contributed by atoms with Gasteiger partial charge in [-0.15, -0.1) is 0 Å². The Kier molecular flexibility index (Phi) is 6.14. The van der Waals surface area contributed by atoms with Crippen molar-refractivity contribution in [3.8, 4) is 11.3 Å². The van der Waals surface area contributed by atoms with Gasteiger partial charge in [0.15, 0.2) is 0 Å². The number of H-pyrrole nitrogens is 1. The summed E-state index contributed by atoms with van der Waals surface area (Å²) in [6.07, 6.45) is 4.69. The lowest BCUT2D eigenvalue weighted by atomic mass is 10.1. The maximum Gasteiger partial charge on any atom is 0.249 e. The number of halogens is 1. The number of anilines is 2. The zero-order valence-electron chi connectivity index (χ0n) is 18.2. The molecule has 0 bridgehead atoms. The average Bonchev–Trinajstić information content (AvgIpc) is 3.16. The third kappa shape index (κ3) is 4.31. The number of piperazine rings is 1. The van der Waals surface area contributed by atoms with E-state index >= 15 is 0 Å². The van der Waals surface area contributed by atoms with Crippen molar-refractivity contribution < 1.29 is 12.4 Å². The lowest BCUT2D eigenvalue weighted by Crippen LogP contribution is -2.58. The van der Waals surface area contributed by atoms with Crippen LogP contribution in [-0.2, 0) is 9.59 Å². The molecule has 3 aromatic rings. The molecular formula is C23H29ClN6O2. The van der Waals surface area contributed by atoms with E-state index in [-0.39, 0.29) is 26.8 Å². The predicted octanol–water partition coefficient (Wildman–Crippen LogP) is 4.25. The van der Waals surface area contributed by atoms with Crippen LogP contribution in [-0.4, -0.2) is 56.8 Å². The zero-order valence-corrected chi connectivity index (χ0v) is 18.9. The van der Waals surface area contributed by atoms with Crippen LogP contribution in [0.2, 0.25) is 0 Å². The van der Waals surface area contributed by atoms with Gasteiger partial charge in [-0.05, 0) is 32.0 Å². The molecule has 1 aliphatic rings. The van der Waals surface area contributed by atoms with Gasteiger partial charge < -0.3 is 20.1 Å². The first kappa shape index (κ1) is 21.8. The van der Waals surface area contributed by atoms with E-state index < -0.39 is 0 Å². The Morgan fingerprint density at radius 1 is 1.28 bits per heavy atom. The molecule has 4 heterocycles. The van der Waals surface area contributed by atoms with E-state index in [1.165, 1.54) is 6.08 Å². The number of carbonyl (C=O) groups is 2. The van der Waals surface area contributed by atoms with Gasteiger partial charge in [0, 0.05) is 63.7 Å². The minimum atomic E-state index is -0.327. The highest BCUT2D eigenvalue weighted by Gasteiger charge is 2.31. The summed E-state index contributed by atoms with van der Waals surface area (Å²) in [5.41, 5.74) is 4.12. The van der Waals surface area contributed by atoms with Crippen molar-refractivity contribution in [3.63, 3.8) is 0 Å². The maximum atomic E-state index is 12.0. The van der Waals surface area contributed by atoms with E-state index in [0.717, 1.165) is 41.1 Å². The molecule has 0 aromatic carbocycles. The fourth-order valence-electron chi connectivity index (χ4n) is 4.40. The van der Waals surface area contributed by atoms with Gasteiger partial charge in [-0.2, -0.15) is 0 Å². The van der Waals surface area contributed by atoms with Crippen molar-refractivity contribution in [2.75, 3.05) is 23.3 Å². The summed E-state index contributed by atoms with van der Waals surface area (Å²) in [7, 11) is 0. The average molecular weight is 457 g/mol. The van der Waals surface area contributed by atoms with E-state index in [4.69, 9.17) is 16.6 Å². The minimum absolute atomic E-state index is 0.